The Labute approximate surface area is 123 Å². The number of aliphatic hydroxyl groups is 1. The third kappa shape index (κ3) is 5.06. The molecule has 1 aliphatic carbocycles. The zero-order valence-corrected chi connectivity index (χ0v) is 13.8. The average Bonchev–Trinajstić information content (AvgIpc) is 2.40. The second-order valence-electron chi connectivity index (χ2n) is 6.95. The van der Waals surface area contributed by atoms with Gasteiger partial charge < -0.3 is 10.4 Å². The number of aliphatic hydroxyl groups excluding tert-OH is 1. The van der Waals surface area contributed by atoms with Crippen LogP contribution >= 0.6 is 0 Å². The van der Waals surface area contributed by atoms with E-state index in [1.807, 2.05) is 27.8 Å². The molecular weight excluding hydrogens is 252 g/mol. The maximum absolute atomic E-state index is 12.3. The predicted octanol–water partition coefficient (Wildman–Crippen LogP) is 2.16. The van der Waals surface area contributed by atoms with Gasteiger partial charge in [0.1, 0.15) is 0 Å². The predicted molar refractivity (Wildman–Crippen MR) is 82.6 cm³/mol. The van der Waals surface area contributed by atoms with Gasteiger partial charge in [0.25, 0.3) is 0 Å². The van der Waals surface area contributed by atoms with Gasteiger partial charge in [-0.2, -0.15) is 0 Å². The molecule has 0 heterocycles. The first-order valence-electron chi connectivity index (χ1n) is 7.97. The molecule has 4 heteroatoms. The van der Waals surface area contributed by atoms with Gasteiger partial charge in [0.05, 0.1) is 12.1 Å². The Bertz CT molecular complexity index is 318. The van der Waals surface area contributed by atoms with Gasteiger partial charge in [-0.15, -0.1) is 0 Å². The number of carbonyl (C=O) groups is 1. The van der Waals surface area contributed by atoms with Crippen molar-refractivity contribution < 1.29 is 9.90 Å². The van der Waals surface area contributed by atoms with Crippen LogP contribution in [0.1, 0.15) is 59.8 Å². The highest BCUT2D eigenvalue weighted by atomic mass is 16.3. The molecular formula is C16H32N2O2. The van der Waals surface area contributed by atoms with E-state index in [4.69, 9.17) is 0 Å². The van der Waals surface area contributed by atoms with Crippen LogP contribution in [0.25, 0.3) is 0 Å². The third-order valence-corrected chi connectivity index (χ3v) is 4.78. The van der Waals surface area contributed by atoms with Crippen LogP contribution in [0.4, 0.5) is 0 Å². The van der Waals surface area contributed by atoms with Crippen LogP contribution in [0.2, 0.25) is 0 Å². The fourth-order valence-corrected chi connectivity index (χ4v) is 2.66. The topological polar surface area (TPSA) is 52.6 Å². The van der Waals surface area contributed by atoms with E-state index >= 15 is 0 Å². The molecule has 0 aromatic carbocycles. The van der Waals surface area contributed by atoms with E-state index in [0.717, 1.165) is 32.2 Å². The van der Waals surface area contributed by atoms with Crippen LogP contribution in [-0.2, 0) is 4.79 Å². The van der Waals surface area contributed by atoms with Crippen LogP contribution in [0.15, 0.2) is 0 Å². The standard InChI is InChI=1S/C16H32N2O2/c1-6-16(3,4)17-15(20)12(2)18(5)11-13-9-7-8-10-14(13)19/h12-14,19H,6-11H2,1-5H3,(H,17,20). The van der Waals surface area contributed by atoms with Crippen molar-refractivity contribution in [2.24, 2.45) is 5.92 Å². The highest BCUT2D eigenvalue weighted by Gasteiger charge is 2.29. The zero-order valence-electron chi connectivity index (χ0n) is 13.8. The summed E-state index contributed by atoms with van der Waals surface area (Å²) < 4.78 is 0. The van der Waals surface area contributed by atoms with Crippen molar-refractivity contribution in [1.82, 2.24) is 10.2 Å². The summed E-state index contributed by atoms with van der Waals surface area (Å²) in [5, 5.41) is 13.1. The highest BCUT2D eigenvalue weighted by molar-refractivity contribution is 5.81. The van der Waals surface area contributed by atoms with E-state index in [1.165, 1.54) is 6.42 Å². The summed E-state index contributed by atoms with van der Waals surface area (Å²) in [5.74, 6) is 0.382. The minimum atomic E-state index is -0.200. The van der Waals surface area contributed by atoms with Crippen molar-refractivity contribution in [1.29, 1.82) is 0 Å². The van der Waals surface area contributed by atoms with Crippen LogP contribution in [-0.4, -0.2) is 47.2 Å². The minimum absolute atomic E-state index is 0.0737. The van der Waals surface area contributed by atoms with E-state index < -0.39 is 0 Å². The number of carbonyl (C=O) groups excluding carboxylic acids is 1. The highest BCUT2D eigenvalue weighted by Crippen LogP contribution is 2.25. The van der Waals surface area contributed by atoms with E-state index in [2.05, 4.69) is 17.1 Å². The summed E-state index contributed by atoms with van der Waals surface area (Å²) in [6, 6.07) is -0.157. The lowest BCUT2D eigenvalue weighted by Gasteiger charge is -2.34. The fraction of sp³-hybridized carbons (Fsp3) is 0.938. The molecule has 0 spiro atoms. The van der Waals surface area contributed by atoms with Crippen molar-refractivity contribution in [2.45, 2.75) is 77.5 Å². The second-order valence-corrected chi connectivity index (χ2v) is 6.95. The summed E-state index contributed by atoms with van der Waals surface area (Å²) in [6.45, 7) is 8.90. The molecule has 3 unspecified atom stereocenters. The Morgan fingerprint density at radius 3 is 2.55 bits per heavy atom. The minimum Gasteiger partial charge on any atom is -0.393 e. The van der Waals surface area contributed by atoms with Crippen LogP contribution in [0.5, 0.6) is 0 Å². The van der Waals surface area contributed by atoms with Gasteiger partial charge in [-0.1, -0.05) is 19.8 Å². The normalized spacial score (nSPS) is 25.6. The molecule has 0 radical (unpaired) electrons. The summed E-state index contributed by atoms with van der Waals surface area (Å²) in [4.78, 5) is 14.3. The fourth-order valence-electron chi connectivity index (χ4n) is 2.66. The molecule has 118 valence electrons. The smallest absolute Gasteiger partial charge is 0.237 e. The van der Waals surface area contributed by atoms with Gasteiger partial charge in [0, 0.05) is 12.1 Å². The number of rotatable bonds is 6. The molecule has 1 amide bonds. The SMILES string of the molecule is CCC(C)(C)NC(=O)C(C)N(C)CC1CCCCC1O. The molecule has 3 atom stereocenters. The molecule has 0 aromatic rings. The lowest BCUT2D eigenvalue weighted by atomic mass is 9.86. The van der Waals surface area contributed by atoms with Gasteiger partial charge in [0.15, 0.2) is 0 Å². The van der Waals surface area contributed by atoms with Crippen LogP contribution in [0.3, 0.4) is 0 Å². The lowest BCUT2D eigenvalue weighted by molar-refractivity contribution is -0.127. The first kappa shape index (κ1) is 17.4. The van der Waals surface area contributed by atoms with Crippen molar-refractivity contribution in [3.63, 3.8) is 0 Å². The van der Waals surface area contributed by atoms with Gasteiger partial charge in [-0.25, -0.2) is 0 Å². The van der Waals surface area contributed by atoms with E-state index in [0.29, 0.717) is 5.92 Å². The molecule has 1 saturated carbocycles. The number of hydrogen-bond donors (Lipinski definition) is 2. The molecule has 1 rings (SSSR count). The monoisotopic (exact) mass is 284 g/mol. The second kappa shape index (κ2) is 7.41. The summed E-state index contributed by atoms with van der Waals surface area (Å²) in [6.07, 6.45) is 5.01. The van der Waals surface area contributed by atoms with Crippen molar-refractivity contribution in [2.75, 3.05) is 13.6 Å². The zero-order chi connectivity index (χ0) is 15.3. The van der Waals surface area contributed by atoms with Crippen LogP contribution in [0, 0.1) is 5.92 Å². The van der Waals surface area contributed by atoms with E-state index in [-0.39, 0.29) is 23.6 Å². The van der Waals surface area contributed by atoms with Gasteiger partial charge >= 0.3 is 0 Å². The lowest BCUT2D eigenvalue weighted by Crippen LogP contribution is -2.52. The van der Waals surface area contributed by atoms with E-state index in [9.17, 15) is 9.90 Å². The molecule has 4 nitrogen and oxygen atoms in total. The first-order chi connectivity index (χ1) is 9.26. The van der Waals surface area contributed by atoms with Crippen molar-refractivity contribution in [3.8, 4) is 0 Å². The number of amides is 1. The Balaban J connectivity index is 2.49. The van der Waals surface area contributed by atoms with Crippen LogP contribution < -0.4 is 5.32 Å². The molecule has 0 aliphatic heterocycles. The maximum atomic E-state index is 12.3. The van der Waals surface area contributed by atoms with Gasteiger partial charge in [-0.05, 0) is 53.0 Å². The first-order valence-corrected chi connectivity index (χ1v) is 7.97. The Hall–Kier alpha value is -0.610. The third-order valence-electron chi connectivity index (χ3n) is 4.78. The number of nitrogens with one attached hydrogen (secondary N) is 1. The Kier molecular flexibility index (Phi) is 6.46. The molecule has 20 heavy (non-hydrogen) atoms. The van der Waals surface area contributed by atoms with Gasteiger partial charge in [-0.3, -0.25) is 9.69 Å². The van der Waals surface area contributed by atoms with E-state index in [1.54, 1.807) is 0 Å². The summed E-state index contributed by atoms with van der Waals surface area (Å²) in [7, 11) is 1.98. The van der Waals surface area contributed by atoms with Gasteiger partial charge in [0.2, 0.25) is 5.91 Å². The molecule has 2 N–H and O–H groups in total. The Morgan fingerprint density at radius 2 is 2.00 bits per heavy atom. The molecule has 0 aromatic heterocycles. The molecule has 1 fully saturated rings. The number of nitrogens with zero attached hydrogens (tertiary/aromatic N) is 1. The molecule has 0 saturated heterocycles. The number of likely N-dealkylation sites (N-methyl/N-ethyl adjacent to an activating group) is 1. The Morgan fingerprint density at radius 1 is 1.40 bits per heavy atom. The summed E-state index contributed by atoms with van der Waals surface area (Å²) in [5.41, 5.74) is -0.156. The maximum Gasteiger partial charge on any atom is 0.237 e. The largest absolute Gasteiger partial charge is 0.393 e. The quantitative estimate of drug-likeness (QED) is 0.786. The number of hydrogen-bond acceptors (Lipinski definition) is 3. The molecule has 1 aliphatic rings. The summed E-state index contributed by atoms with van der Waals surface area (Å²) >= 11 is 0. The molecule has 0 bridgehead atoms. The average molecular weight is 284 g/mol. The van der Waals surface area contributed by atoms with Crippen molar-refractivity contribution in [3.05, 3.63) is 0 Å². The van der Waals surface area contributed by atoms with Crippen molar-refractivity contribution >= 4 is 5.91 Å².